The topological polar surface area (TPSA) is 64.5 Å². The van der Waals surface area contributed by atoms with Crippen molar-refractivity contribution in [2.75, 3.05) is 23.7 Å². The largest absolute Gasteiger partial charge is 0.423 e. The standard InChI is InChI=1S/C13H17N3O2/c1-8-6-16(7-9(2)17-8)13-15-11-5-10(14)3-4-12(11)18-13/h3-5,8-9H,6-7,14H2,1-2H3/t8-,9+. The van der Waals surface area contributed by atoms with Crippen LogP contribution in [0, 0.1) is 0 Å². The second kappa shape index (κ2) is 4.17. The Kier molecular flexibility index (Phi) is 2.63. The van der Waals surface area contributed by atoms with Crippen molar-refractivity contribution in [1.82, 2.24) is 4.98 Å². The number of fused-ring (bicyclic) bond motifs is 1. The van der Waals surface area contributed by atoms with Gasteiger partial charge in [0, 0.05) is 18.8 Å². The Morgan fingerprint density at radius 3 is 2.72 bits per heavy atom. The van der Waals surface area contributed by atoms with Crippen molar-refractivity contribution in [1.29, 1.82) is 0 Å². The van der Waals surface area contributed by atoms with Crippen molar-refractivity contribution < 1.29 is 9.15 Å². The Labute approximate surface area is 106 Å². The second-order valence-corrected chi connectivity index (χ2v) is 4.89. The third kappa shape index (κ3) is 2.01. The van der Waals surface area contributed by atoms with Crippen molar-refractivity contribution in [3.63, 3.8) is 0 Å². The van der Waals surface area contributed by atoms with Gasteiger partial charge in [0.2, 0.25) is 0 Å². The molecule has 18 heavy (non-hydrogen) atoms. The van der Waals surface area contributed by atoms with Gasteiger partial charge in [-0.3, -0.25) is 0 Å². The van der Waals surface area contributed by atoms with Gasteiger partial charge in [-0.1, -0.05) is 0 Å². The number of ether oxygens (including phenoxy) is 1. The first-order valence-corrected chi connectivity index (χ1v) is 6.18. The lowest BCUT2D eigenvalue weighted by Gasteiger charge is -2.34. The molecule has 2 atom stereocenters. The van der Waals surface area contributed by atoms with Gasteiger partial charge in [-0.25, -0.2) is 0 Å². The molecule has 2 N–H and O–H groups in total. The smallest absolute Gasteiger partial charge is 0.298 e. The first kappa shape index (κ1) is 11.3. The van der Waals surface area contributed by atoms with E-state index in [1.54, 1.807) is 0 Å². The van der Waals surface area contributed by atoms with E-state index in [0.717, 1.165) is 24.2 Å². The number of oxazole rings is 1. The predicted octanol–water partition coefficient (Wildman–Crippen LogP) is 2.02. The highest BCUT2D eigenvalue weighted by Crippen LogP contribution is 2.25. The number of benzene rings is 1. The number of aromatic nitrogens is 1. The summed E-state index contributed by atoms with van der Waals surface area (Å²) in [7, 11) is 0. The van der Waals surface area contributed by atoms with Crippen LogP contribution in [-0.2, 0) is 4.74 Å². The summed E-state index contributed by atoms with van der Waals surface area (Å²) in [4.78, 5) is 6.61. The van der Waals surface area contributed by atoms with Crippen molar-refractivity contribution in [2.45, 2.75) is 26.1 Å². The zero-order valence-corrected chi connectivity index (χ0v) is 10.6. The molecule has 2 aromatic rings. The summed E-state index contributed by atoms with van der Waals surface area (Å²) >= 11 is 0. The molecule has 1 aromatic heterocycles. The minimum absolute atomic E-state index is 0.189. The average molecular weight is 247 g/mol. The highest BCUT2D eigenvalue weighted by Gasteiger charge is 2.25. The van der Waals surface area contributed by atoms with Gasteiger partial charge < -0.3 is 19.8 Å². The molecule has 5 nitrogen and oxygen atoms in total. The minimum atomic E-state index is 0.189. The zero-order chi connectivity index (χ0) is 12.7. The van der Waals surface area contributed by atoms with Crippen molar-refractivity contribution in [3.05, 3.63) is 18.2 Å². The van der Waals surface area contributed by atoms with E-state index in [4.69, 9.17) is 14.9 Å². The maximum absolute atomic E-state index is 5.76. The lowest BCUT2D eigenvalue weighted by molar-refractivity contribution is -0.00662. The molecule has 1 aromatic carbocycles. The van der Waals surface area contributed by atoms with Crippen molar-refractivity contribution in [2.24, 2.45) is 0 Å². The van der Waals surface area contributed by atoms with E-state index in [0.29, 0.717) is 11.7 Å². The van der Waals surface area contributed by atoms with Gasteiger partial charge in [0.1, 0.15) is 5.52 Å². The Hall–Kier alpha value is -1.75. The van der Waals surface area contributed by atoms with Crippen LogP contribution in [0.2, 0.25) is 0 Å². The van der Waals surface area contributed by atoms with Gasteiger partial charge in [-0.05, 0) is 32.0 Å². The monoisotopic (exact) mass is 247 g/mol. The molecular weight excluding hydrogens is 230 g/mol. The van der Waals surface area contributed by atoms with Crippen molar-refractivity contribution >= 4 is 22.8 Å². The number of rotatable bonds is 1. The average Bonchev–Trinajstić information content (AvgIpc) is 2.70. The molecule has 1 aliphatic rings. The van der Waals surface area contributed by atoms with Crippen LogP contribution < -0.4 is 10.6 Å². The molecule has 1 fully saturated rings. The van der Waals surface area contributed by atoms with E-state index in [1.165, 1.54) is 0 Å². The second-order valence-electron chi connectivity index (χ2n) is 4.89. The summed E-state index contributed by atoms with van der Waals surface area (Å²) in [6.07, 6.45) is 0.377. The summed E-state index contributed by atoms with van der Waals surface area (Å²) < 4.78 is 11.5. The molecule has 0 aliphatic carbocycles. The van der Waals surface area contributed by atoms with Crippen LogP contribution in [0.4, 0.5) is 11.7 Å². The maximum atomic E-state index is 5.76. The van der Waals surface area contributed by atoms with Crippen LogP contribution in [0.5, 0.6) is 0 Å². The fourth-order valence-corrected chi connectivity index (χ4v) is 2.40. The Morgan fingerprint density at radius 1 is 1.28 bits per heavy atom. The van der Waals surface area contributed by atoms with E-state index in [9.17, 15) is 0 Å². The number of nitrogen functional groups attached to an aromatic ring is 1. The van der Waals surface area contributed by atoms with E-state index in [1.807, 2.05) is 18.2 Å². The van der Waals surface area contributed by atoms with Gasteiger partial charge in [0.25, 0.3) is 6.01 Å². The first-order valence-electron chi connectivity index (χ1n) is 6.18. The van der Waals surface area contributed by atoms with Crippen LogP contribution >= 0.6 is 0 Å². The fourth-order valence-electron chi connectivity index (χ4n) is 2.40. The maximum Gasteiger partial charge on any atom is 0.298 e. The summed E-state index contributed by atoms with van der Waals surface area (Å²) in [6.45, 7) is 5.71. The molecule has 0 unspecified atom stereocenters. The van der Waals surface area contributed by atoms with E-state index >= 15 is 0 Å². The fraction of sp³-hybridized carbons (Fsp3) is 0.462. The third-order valence-corrected chi connectivity index (χ3v) is 3.09. The minimum Gasteiger partial charge on any atom is -0.423 e. The predicted molar refractivity (Wildman–Crippen MR) is 70.6 cm³/mol. The Morgan fingerprint density at radius 2 is 2.00 bits per heavy atom. The van der Waals surface area contributed by atoms with Crippen LogP contribution in [0.15, 0.2) is 22.6 Å². The molecular formula is C13H17N3O2. The SMILES string of the molecule is C[C@@H]1CN(c2nc3cc(N)ccc3o2)C[C@H](C)O1. The molecule has 1 aliphatic heterocycles. The number of anilines is 2. The summed E-state index contributed by atoms with van der Waals surface area (Å²) in [5.41, 5.74) is 8.01. The molecule has 0 amide bonds. The summed E-state index contributed by atoms with van der Waals surface area (Å²) in [5.74, 6) is 0. The van der Waals surface area contributed by atoms with E-state index in [2.05, 4.69) is 23.7 Å². The van der Waals surface area contributed by atoms with Gasteiger partial charge in [-0.15, -0.1) is 0 Å². The number of hydrogen-bond donors (Lipinski definition) is 1. The van der Waals surface area contributed by atoms with Gasteiger partial charge in [0.15, 0.2) is 5.58 Å². The van der Waals surface area contributed by atoms with Crippen LogP contribution in [0.1, 0.15) is 13.8 Å². The molecule has 1 saturated heterocycles. The lowest BCUT2D eigenvalue weighted by atomic mass is 10.2. The van der Waals surface area contributed by atoms with Gasteiger partial charge >= 0.3 is 0 Å². The van der Waals surface area contributed by atoms with E-state index in [-0.39, 0.29) is 12.2 Å². The lowest BCUT2D eigenvalue weighted by Crippen LogP contribution is -2.45. The number of morpholine rings is 1. The Bertz CT molecular complexity index is 556. The van der Waals surface area contributed by atoms with E-state index < -0.39 is 0 Å². The first-order chi connectivity index (χ1) is 8.61. The highest BCUT2D eigenvalue weighted by molar-refractivity contribution is 5.78. The van der Waals surface area contributed by atoms with Crippen LogP contribution in [0.25, 0.3) is 11.1 Å². The molecule has 2 heterocycles. The molecule has 0 spiro atoms. The molecule has 0 bridgehead atoms. The molecule has 96 valence electrons. The number of hydrogen-bond acceptors (Lipinski definition) is 5. The normalized spacial score (nSPS) is 24.7. The zero-order valence-electron chi connectivity index (χ0n) is 10.6. The molecule has 0 saturated carbocycles. The molecule has 5 heteroatoms. The highest BCUT2D eigenvalue weighted by atomic mass is 16.5. The summed E-state index contributed by atoms with van der Waals surface area (Å²) in [6, 6.07) is 6.16. The Balaban J connectivity index is 1.93. The number of nitrogens with zero attached hydrogens (tertiary/aromatic N) is 2. The summed E-state index contributed by atoms with van der Waals surface area (Å²) in [5, 5.41) is 0. The van der Waals surface area contributed by atoms with Gasteiger partial charge in [-0.2, -0.15) is 4.98 Å². The van der Waals surface area contributed by atoms with Gasteiger partial charge in [0.05, 0.1) is 12.2 Å². The third-order valence-electron chi connectivity index (χ3n) is 3.09. The number of nitrogens with two attached hydrogens (primary N) is 1. The quantitative estimate of drug-likeness (QED) is 0.781. The molecule has 0 radical (unpaired) electrons. The van der Waals surface area contributed by atoms with Crippen LogP contribution in [-0.4, -0.2) is 30.3 Å². The molecule has 3 rings (SSSR count). The van der Waals surface area contributed by atoms with Crippen molar-refractivity contribution in [3.8, 4) is 0 Å². The van der Waals surface area contributed by atoms with Crippen LogP contribution in [0.3, 0.4) is 0 Å².